The van der Waals surface area contributed by atoms with Crippen LogP contribution in [0, 0.1) is 11.3 Å². The lowest BCUT2D eigenvalue weighted by atomic mass is 9.79. The van der Waals surface area contributed by atoms with Gasteiger partial charge in [-0.2, -0.15) is 0 Å². The molecule has 0 radical (unpaired) electrons. The van der Waals surface area contributed by atoms with E-state index in [0.717, 1.165) is 12.8 Å². The number of aliphatic carboxylic acids is 1. The predicted molar refractivity (Wildman–Crippen MR) is 61.2 cm³/mol. The first-order valence-electron chi connectivity index (χ1n) is 5.85. The van der Waals surface area contributed by atoms with Gasteiger partial charge in [0, 0.05) is 19.5 Å². The van der Waals surface area contributed by atoms with Gasteiger partial charge in [-0.15, -0.1) is 0 Å². The molecule has 0 aromatic heterocycles. The van der Waals surface area contributed by atoms with Crippen LogP contribution >= 0.6 is 0 Å². The number of nitrogens with one attached hydrogen (secondary N) is 1. The quantitative estimate of drug-likeness (QED) is 0.451. The highest BCUT2D eigenvalue weighted by Crippen LogP contribution is 2.41. The van der Waals surface area contributed by atoms with Gasteiger partial charge >= 0.3 is 5.97 Å². The van der Waals surface area contributed by atoms with Crippen molar-refractivity contribution in [3.05, 3.63) is 0 Å². The Balaban J connectivity index is 2.60. The maximum absolute atomic E-state index is 11.5. The first-order chi connectivity index (χ1) is 8.04. The second-order valence-electron chi connectivity index (χ2n) is 4.69. The number of aliphatic hydroxyl groups is 1. The van der Waals surface area contributed by atoms with Crippen molar-refractivity contribution < 1.29 is 19.8 Å². The van der Waals surface area contributed by atoms with Gasteiger partial charge in [-0.25, -0.2) is 0 Å². The molecule has 1 aliphatic carbocycles. The van der Waals surface area contributed by atoms with Crippen molar-refractivity contribution in [3.63, 3.8) is 0 Å². The molecule has 1 unspecified atom stereocenters. The van der Waals surface area contributed by atoms with Gasteiger partial charge in [-0.3, -0.25) is 9.59 Å². The molecule has 6 nitrogen and oxygen atoms in total. The lowest BCUT2D eigenvalue weighted by Crippen LogP contribution is -2.43. The summed E-state index contributed by atoms with van der Waals surface area (Å²) in [5, 5.41) is 20.3. The minimum Gasteiger partial charge on any atom is -0.481 e. The van der Waals surface area contributed by atoms with Crippen LogP contribution in [0.2, 0.25) is 0 Å². The Morgan fingerprint density at radius 2 is 2.06 bits per heavy atom. The molecular weight excluding hydrogens is 224 g/mol. The number of aliphatic hydroxyl groups excluding tert-OH is 1. The lowest BCUT2D eigenvalue weighted by molar-refractivity contribution is -0.152. The molecule has 0 bridgehead atoms. The van der Waals surface area contributed by atoms with Crippen LogP contribution in [0.1, 0.15) is 25.7 Å². The van der Waals surface area contributed by atoms with Crippen LogP contribution in [0.25, 0.3) is 0 Å². The summed E-state index contributed by atoms with van der Waals surface area (Å²) in [6, 6.07) is 0. The minimum absolute atomic E-state index is 0.0363. The molecule has 0 heterocycles. The highest BCUT2D eigenvalue weighted by atomic mass is 16.4. The van der Waals surface area contributed by atoms with Gasteiger partial charge in [0.2, 0.25) is 5.91 Å². The third-order valence-electron chi connectivity index (χ3n) is 3.15. The molecule has 6 heteroatoms. The summed E-state index contributed by atoms with van der Waals surface area (Å²) in [6.45, 7) is -0.0506. The SMILES string of the molecule is NCC(CC(=O)NCCO)(CC1CC1)C(=O)O. The number of hydrogen-bond donors (Lipinski definition) is 4. The fourth-order valence-electron chi connectivity index (χ4n) is 1.92. The van der Waals surface area contributed by atoms with Crippen LogP contribution in [0.5, 0.6) is 0 Å². The van der Waals surface area contributed by atoms with Gasteiger partial charge < -0.3 is 21.3 Å². The normalized spacial score (nSPS) is 18.5. The molecule has 1 amide bonds. The largest absolute Gasteiger partial charge is 0.481 e. The standard InChI is InChI=1S/C11H20N2O4/c12-7-11(10(16)17,5-8-1-2-8)6-9(15)13-3-4-14/h8,14H,1-7,12H2,(H,13,15)(H,16,17). The molecule has 0 aromatic carbocycles. The summed E-state index contributed by atoms with van der Waals surface area (Å²) in [6.07, 6.45) is 2.39. The fraction of sp³-hybridized carbons (Fsp3) is 0.818. The number of carbonyl (C=O) groups is 2. The summed E-state index contributed by atoms with van der Waals surface area (Å²) in [5.41, 5.74) is 4.40. The minimum atomic E-state index is -1.15. The Morgan fingerprint density at radius 3 is 2.47 bits per heavy atom. The second kappa shape index (κ2) is 5.97. The number of hydrogen-bond acceptors (Lipinski definition) is 4. The topological polar surface area (TPSA) is 113 Å². The summed E-state index contributed by atoms with van der Waals surface area (Å²) < 4.78 is 0. The number of rotatable bonds is 8. The number of amides is 1. The zero-order valence-electron chi connectivity index (χ0n) is 9.82. The molecular formula is C11H20N2O4. The summed E-state index contributed by atoms with van der Waals surface area (Å²) in [4.78, 5) is 22.9. The Morgan fingerprint density at radius 1 is 1.41 bits per heavy atom. The molecule has 1 fully saturated rings. The number of carboxylic acids is 1. The molecule has 1 aliphatic rings. The maximum Gasteiger partial charge on any atom is 0.311 e. The van der Waals surface area contributed by atoms with Crippen molar-refractivity contribution in [1.29, 1.82) is 0 Å². The molecule has 1 saturated carbocycles. The van der Waals surface area contributed by atoms with Crippen molar-refractivity contribution in [3.8, 4) is 0 Å². The van der Waals surface area contributed by atoms with E-state index in [-0.39, 0.29) is 32.0 Å². The highest BCUT2D eigenvalue weighted by molar-refractivity contribution is 5.85. The van der Waals surface area contributed by atoms with E-state index in [1.54, 1.807) is 0 Å². The van der Waals surface area contributed by atoms with E-state index in [1.165, 1.54) is 0 Å². The van der Waals surface area contributed by atoms with E-state index >= 15 is 0 Å². The average molecular weight is 244 g/mol. The molecule has 5 N–H and O–H groups in total. The number of carbonyl (C=O) groups excluding carboxylic acids is 1. The van der Waals surface area contributed by atoms with Crippen LogP contribution in [0.15, 0.2) is 0 Å². The van der Waals surface area contributed by atoms with E-state index in [4.69, 9.17) is 10.8 Å². The van der Waals surface area contributed by atoms with Gasteiger partial charge in [0.25, 0.3) is 0 Å². The molecule has 0 aromatic rings. The van der Waals surface area contributed by atoms with E-state index in [1.807, 2.05) is 0 Å². The third-order valence-corrected chi connectivity index (χ3v) is 3.15. The maximum atomic E-state index is 11.5. The summed E-state index contributed by atoms with van der Waals surface area (Å²) >= 11 is 0. The molecule has 0 saturated heterocycles. The average Bonchev–Trinajstić information content (AvgIpc) is 3.08. The summed E-state index contributed by atoms with van der Waals surface area (Å²) in [7, 11) is 0. The first-order valence-corrected chi connectivity index (χ1v) is 5.85. The zero-order chi connectivity index (χ0) is 12.9. The lowest BCUT2D eigenvalue weighted by Gasteiger charge is -2.27. The van der Waals surface area contributed by atoms with E-state index < -0.39 is 11.4 Å². The van der Waals surface area contributed by atoms with Crippen molar-refractivity contribution in [2.45, 2.75) is 25.7 Å². The van der Waals surface area contributed by atoms with Gasteiger partial charge in [-0.05, 0) is 12.3 Å². The van der Waals surface area contributed by atoms with Crippen LogP contribution < -0.4 is 11.1 Å². The first kappa shape index (κ1) is 13.9. The molecule has 1 atom stereocenters. The molecule has 0 spiro atoms. The van der Waals surface area contributed by atoms with Crippen LogP contribution in [0.3, 0.4) is 0 Å². The van der Waals surface area contributed by atoms with Gasteiger partial charge in [0.05, 0.1) is 12.0 Å². The Bertz CT molecular complexity index is 291. The molecule has 17 heavy (non-hydrogen) atoms. The highest BCUT2D eigenvalue weighted by Gasteiger charge is 2.43. The second-order valence-corrected chi connectivity index (χ2v) is 4.69. The van der Waals surface area contributed by atoms with Crippen molar-refractivity contribution in [1.82, 2.24) is 5.32 Å². The Labute approximate surface area is 100 Å². The Hall–Kier alpha value is -1.14. The molecule has 0 aliphatic heterocycles. The predicted octanol–water partition coefficient (Wildman–Crippen LogP) is -0.685. The van der Waals surface area contributed by atoms with Crippen LogP contribution in [0.4, 0.5) is 0 Å². The van der Waals surface area contributed by atoms with Gasteiger partial charge in [0.1, 0.15) is 0 Å². The van der Waals surface area contributed by atoms with Crippen LogP contribution in [-0.4, -0.2) is 41.8 Å². The van der Waals surface area contributed by atoms with Crippen molar-refractivity contribution >= 4 is 11.9 Å². The smallest absolute Gasteiger partial charge is 0.311 e. The van der Waals surface area contributed by atoms with E-state index in [2.05, 4.69) is 5.32 Å². The zero-order valence-corrected chi connectivity index (χ0v) is 9.82. The fourth-order valence-corrected chi connectivity index (χ4v) is 1.92. The van der Waals surface area contributed by atoms with E-state index in [0.29, 0.717) is 12.3 Å². The molecule has 98 valence electrons. The van der Waals surface area contributed by atoms with Gasteiger partial charge in [-0.1, -0.05) is 12.8 Å². The van der Waals surface area contributed by atoms with Crippen molar-refractivity contribution in [2.24, 2.45) is 17.1 Å². The third kappa shape index (κ3) is 3.98. The van der Waals surface area contributed by atoms with Gasteiger partial charge in [0.15, 0.2) is 0 Å². The van der Waals surface area contributed by atoms with Crippen LogP contribution in [-0.2, 0) is 9.59 Å². The van der Waals surface area contributed by atoms with E-state index in [9.17, 15) is 14.7 Å². The number of carboxylic acid groups (broad SMARTS) is 1. The van der Waals surface area contributed by atoms with Crippen molar-refractivity contribution in [2.75, 3.05) is 19.7 Å². The Kier molecular flexibility index (Phi) is 4.89. The molecule has 1 rings (SSSR count). The summed E-state index contributed by atoms with van der Waals surface area (Å²) in [5.74, 6) is -0.987. The monoisotopic (exact) mass is 244 g/mol. The number of nitrogens with two attached hydrogens (primary N) is 1.